The standard InChI is InChI=1S/C21H25IN.HI/c22-18-23(14-11-19-7-3-1-4-8-19)15-12-21(13-16-23)17-20-9-5-2-6-10-20;/h1-10,17H,11-16,18H2;1H/q+1;/p-1. The fourth-order valence-electron chi connectivity index (χ4n) is 3.34. The van der Waals surface area contributed by atoms with Gasteiger partial charge in [0.2, 0.25) is 0 Å². The number of hydrogen-bond donors (Lipinski definition) is 0. The summed E-state index contributed by atoms with van der Waals surface area (Å²) < 4.78 is 2.49. The molecule has 1 aliphatic heterocycles. The molecule has 128 valence electrons. The number of nitrogens with zero attached hydrogens (tertiary/aromatic N) is 1. The first-order chi connectivity index (χ1) is 11.3. The third kappa shape index (κ3) is 5.56. The number of likely N-dealkylation sites (tertiary alicyclic amines) is 1. The van der Waals surface area contributed by atoms with Crippen LogP contribution in [-0.4, -0.2) is 28.7 Å². The average Bonchev–Trinajstić information content (AvgIpc) is 2.63. The maximum Gasteiger partial charge on any atom is 0.129 e. The van der Waals surface area contributed by atoms with Gasteiger partial charge in [0, 0.05) is 19.3 Å². The van der Waals surface area contributed by atoms with Crippen LogP contribution in [0.3, 0.4) is 0 Å². The van der Waals surface area contributed by atoms with Crippen LogP contribution in [0.5, 0.6) is 0 Å². The molecule has 0 N–H and O–H groups in total. The Hall–Kier alpha value is -0.400. The van der Waals surface area contributed by atoms with Crippen molar-refractivity contribution in [3.63, 3.8) is 0 Å². The monoisotopic (exact) mass is 545 g/mol. The normalized spacial score (nSPS) is 20.3. The van der Waals surface area contributed by atoms with Gasteiger partial charge >= 0.3 is 0 Å². The van der Waals surface area contributed by atoms with Crippen LogP contribution in [0.25, 0.3) is 6.08 Å². The fourth-order valence-corrected chi connectivity index (χ4v) is 4.36. The fraction of sp³-hybridized carbons (Fsp3) is 0.333. The lowest BCUT2D eigenvalue weighted by atomic mass is 9.98. The van der Waals surface area contributed by atoms with E-state index in [1.807, 2.05) is 0 Å². The highest BCUT2D eigenvalue weighted by Crippen LogP contribution is 2.26. The molecule has 0 aliphatic carbocycles. The first kappa shape index (κ1) is 19.9. The molecule has 1 fully saturated rings. The van der Waals surface area contributed by atoms with E-state index < -0.39 is 0 Å². The molecule has 1 aliphatic rings. The van der Waals surface area contributed by atoms with E-state index in [0.29, 0.717) is 0 Å². The lowest BCUT2D eigenvalue weighted by molar-refractivity contribution is -0.915. The Balaban J connectivity index is 0.00000208. The van der Waals surface area contributed by atoms with E-state index in [9.17, 15) is 0 Å². The molecule has 0 atom stereocenters. The van der Waals surface area contributed by atoms with Crippen molar-refractivity contribution in [1.82, 2.24) is 0 Å². The zero-order chi connectivity index (χ0) is 16.0. The minimum absolute atomic E-state index is 0. The Morgan fingerprint density at radius 3 is 2.04 bits per heavy atom. The molecule has 2 aromatic rings. The Bertz CT molecular complexity index is 627. The van der Waals surface area contributed by atoms with Crippen molar-refractivity contribution in [2.45, 2.75) is 19.3 Å². The number of piperidine rings is 1. The van der Waals surface area contributed by atoms with Crippen molar-refractivity contribution in [1.29, 1.82) is 0 Å². The predicted octanol–water partition coefficient (Wildman–Crippen LogP) is 2.32. The molecular formula is C21H25I2N. The lowest BCUT2D eigenvalue weighted by Crippen LogP contribution is -3.00. The van der Waals surface area contributed by atoms with Crippen LogP contribution in [0, 0.1) is 0 Å². The Morgan fingerprint density at radius 1 is 0.875 bits per heavy atom. The molecular weight excluding hydrogens is 520 g/mol. The van der Waals surface area contributed by atoms with Crippen molar-refractivity contribution < 1.29 is 28.5 Å². The van der Waals surface area contributed by atoms with Crippen molar-refractivity contribution in [2.24, 2.45) is 0 Å². The van der Waals surface area contributed by atoms with Crippen molar-refractivity contribution in [2.75, 3.05) is 24.2 Å². The van der Waals surface area contributed by atoms with Crippen molar-refractivity contribution in [3.05, 3.63) is 77.4 Å². The second-order valence-electron chi connectivity index (χ2n) is 6.58. The van der Waals surface area contributed by atoms with E-state index >= 15 is 0 Å². The van der Waals surface area contributed by atoms with E-state index in [1.165, 1.54) is 59.1 Å². The predicted molar refractivity (Wildman–Crippen MR) is 108 cm³/mol. The smallest absolute Gasteiger partial charge is 0.129 e. The molecule has 24 heavy (non-hydrogen) atoms. The van der Waals surface area contributed by atoms with Gasteiger partial charge in [-0.3, -0.25) is 0 Å². The molecule has 0 amide bonds. The van der Waals surface area contributed by atoms with Crippen LogP contribution in [0.2, 0.25) is 0 Å². The molecule has 3 heteroatoms. The average molecular weight is 545 g/mol. The Labute approximate surface area is 176 Å². The van der Waals surface area contributed by atoms with Gasteiger partial charge in [-0.2, -0.15) is 0 Å². The third-order valence-electron chi connectivity index (χ3n) is 4.96. The molecule has 0 spiro atoms. The summed E-state index contributed by atoms with van der Waals surface area (Å²) in [4.78, 5) is 0. The van der Waals surface area contributed by atoms with E-state index in [2.05, 4.69) is 89.3 Å². The summed E-state index contributed by atoms with van der Waals surface area (Å²) >= 11 is 2.59. The molecule has 0 saturated carbocycles. The SMILES string of the molecule is IC[N+]1(CCc2ccccc2)CCC(=Cc2ccccc2)CC1.[I-]. The highest BCUT2D eigenvalue weighted by atomic mass is 127. The van der Waals surface area contributed by atoms with Crippen LogP contribution in [0.4, 0.5) is 0 Å². The molecule has 0 bridgehead atoms. The highest BCUT2D eigenvalue weighted by molar-refractivity contribution is 14.1. The van der Waals surface area contributed by atoms with Crippen molar-refractivity contribution >= 4 is 28.7 Å². The maximum atomic E-state index is 2.59. The largest absolute Gasteiger partial charge is 1.00 e. The molecule has 0 unspecified atom stereocenters. The summed E-state index contributed by atoms with van der Waals surface area (Å²) in [5.74, 6) is 0. The van der Waals surface area contributed by atoms with Gasteiger partial charge in [0.05, 0.1) is 19.6 Å². The zero-order valence-corrected chi connectivity index (χ0v) is 18.3. The van der Waals surface area contributed by atoms with Gasteiger partial charge in [0.15, 0.2) is 0 Å². The molecule has 0 aromatic heterocycles. The van der Waals surface area contributed by atoms with Gasteiger partial charge in [-0.25, -0.2) is 0 Å². The zero-order valence-electron chi connectivity index (χ0n) is 14.0. The summed E-state index contributed by atoms with van der Waals surface area (Å²) in [6.45, 7) is 3.84. The van der Waals surface area contributed by atoms with Crippen LogP contribution in [-0.2, 0) is 6.42 Å². The molecule has 3 rings (SSSR count). The second kappa shape index (κ2) is 9.92. The van der Waals surface area contributed by atoms with Crippen LogP contribution in [0.1, 0.15) is 24.0 Å². The van der Waals surface area contributed by atoms with Gasteiger partial charge in [0.25, 0.3) is 0 Å². The van der Waals surface area contributed by atoms with Gasteiger partial charge in [-0.05, 0) is 33.7 Å². The first-order valence-corrected chi connectivity index (χ1v) is 10.0. The van der Waals surface area contributed by atoms with E-state index in [-0.39, 0.29) is 24.0 Å². The first-order valence-electron chi connectivity index (χ1n) is 8.49. The minimum Gasteiger partial charge on any atom is -1.00 e. The minimum atomic E-state index is 0. The summed E-state index contributed by atoms with van der Waals surface area (Å²) in [7, 11) is 0. The van der Waals surface area contributed by atoms with E-state index in [4.69, 9.17) is 0 Å². The quantitative estimate of drug-likeness (QED) is 0.235. The molecule has 1 heterocycles. The van der Waals surface area contributed by atoms with Gasteiger partial charge in [-0.1, -0.05) is 72.3 Å². The van der Waals surface area contributed by atoms with Crippen LogP contribution >= 0.6 is 22.6 Å². The summed E-state index contributed by atoms with van der Waals surface area (Å²) in [6, 6.07) is 21.7. The summed E-state index contributed by atoms with van der Waals surface area (Å²) in [6.07, 6.45) is 6.08. The summed E-state index contributed by atoms with van der Waals surface area (Å²) in [5, 5.41) is 0. The molecule has 1 nitrogen and oxygen atoms in total. The van der Waals surface area contributed by atoms with Crippen LogP contribution in [0.15, 0.2) is 66.2 Å². The Kier molecular flexibility index (Phi) is 8.23. The molecule has 0 radical (unpaired) electrons. The van der Waals surface area contributed by atoms with Crippen LogP contribution < -0.4 is 24.0 Å². The molecule has 1 saturated heterocycles. The highest BCUT2D eigenvalue weighted by Gasteiger charge is 2.30. The van der Waals surface area contributed by atoms with Crippen molar-refractivity contribution in [3.8, 4) is 0 Å². The Morgan fingerprint density at radius 2 is 1.46 bits per heavy atom. The topological polar surface area (TPSA) is 0 Å². The number of rotatable bonds is 5. The van der Waals surface area contributed by atoms with Gasteiger partial charge < -0.3 is 28.5 Å². The van der Waals surface area contributed by atoms with E-state index in [1.54, 1.807) is 5.57 Å². The van der Waals surface area contributed by atoms with Gasteiger partial charge in [0.1, 0.15) is 4.55 Å². The second-order valence-corrected chi connectivity index (χ2v) is 7.26. The molecule has 2 aromatic carbocycles. The maximum absolute atomic E-state index is 2.59. The third-order valence-corrected chi connectivity index (χ3v) is 6.40. The number of benzene rings is 2. The summed E-state index contributed by atoms with van der Waals surface area (Å²) in [5.41, 5.74) is 4.44. The van der Waals surface area contributed by atoms with E-state index in [0.717, 1.165) is 0 Å². The number of halogens is 2. The number of alkyl halides is 1. The number of quaternary nitrogens is 1. The lowest BCUT2D eigenvalue weighted by Gasteiger charge is -2.41. The number of hydrogen-bond acceptors (Lipinski definition) is 0. The van der Waals surface area contributed by atoms with Gasteiger partial charge in [-0.15, -0.1) is 0 Å².